The zero-order chi connectivity index (χ0) is 13.2. The van der Waals surface area contributed by atoms with Crippen molar-refractivity contribution in [2.24, 2.45) is 0 Å². The fourth-order valence-corrected chi connectivity index (χ4v) is 1.05. The number of aliphatic hydroxyl groups excluding tert-OH is 1. The summed E-state index contributed by atoms with van der Waals surface area (Å²) in [5, 5.41) is 19.2. The summed E-state index contributed by atoms with van der Waals surface area (Å²) in [6, 6.07) is 0. The molecule has 0 spiro atoms. The maximum Gasteiger partial charge on any atom is 0.573 e. The number of H-pyrrole nitrogens is 1. The normalized spacial score (nSPS) is 11.3. The van der Waals surface area contributed by atoms with E-state index in [1.807, 2.05) is 4.98 Å². The lowest BCUT2D eigenvalue weighted by Crippen LogP contribution is -2.22. The van der Waals surface area contributed by atoms with Gasteiger partial charge < -0.3 is 14.8 Å². The minimum atomic E-state index is -5.21. The van der Waals surface area contributed by atoms with Crippen molar-refractivity contribution in [2.45, 2.75) is 13.0 Å². The number of pyridine rings is 1. The molecular formula is C7H5F3N2O5. The minimum Gasteiger partial charge on any atom is -0.398 e. The van der Waals surface area contributed by atoms with Crippen molar-refractivity contribution in [2.75, 3.05) is 0 Å². The van der Waals surface area contributed by atoms with Gasteiger partial charge in [0, 0.05) is 11.8 Å². The van der Waals surface area contributed by atoms with Crippen molar-refractivity contribution in [3.05, 3.63) is 32.2 Å². The van der Waals surface area contributed by atoms with E-state index < -0.39 is 40.5 Å². The third kappa shape index (κ3) is 2.93. The zero-order valence-corrected chi connectivity index (χ0v) is 7.95. The molecule has 0 atom stereocenters. The van der Waals surface area contributed by atoms with Gasteiger partial charge in [-0.15, -0.1) is 13.2 Å². The monoisotopic (exact) mass is 254 g/mol. The standard InChI is InChI=1S/C7H5F3N2O5/c8-7(9,10)17-5-3(2-13)1-11-6(14)4(5)12(15)16/h1,13H,2H2,(H,11,14). The molecule has 0 aliphatic rings. The van der Waals surface area contributed by atoms with Crippen molar-refractivity contribution in [1.82, 2.24) is 4.98 Å². The van der Waals surface area contributed by atoms with Crippen LogP contribution in [0.25, 0.3) is 0 Å². The lowest BCUT2D eigenvalue weighted by atomic mass is 10.2. The van der Waals surface area contributed by atoms with Gasteiger partial charge in [-0.2, -0.15) is 0 Å². The molecule has 0 aliphatic heterocycles. The molecule has 94 valence electrons. The molecule has 0 aliphatic carbocycles. The molecular weight excluding hydrogens is 249 g/mol. The molecule has 0 saturated heterocycles. The number of halogens is 3. The molecule has 1 heterocycles. The highest BCUT2D eigenvalue weighted by molar-refractivity contribution is 5.49. The summed E-state index contributed by atoms with van der Waals surface area (Å²) >= 11 is 0. The Balaban J connectivity index is 3.46. The highest BCUT2D eigenvalue weighted by Gasteiger charge is 2.37. The summed E-state index contributed by atoms with van der Waals surface area (Å²) in [5.41, 5.74) is -3.31. The summed E-state index contributed by atoms with van der Waals surface area (Å²) in [5.74, 6) is -1.31. The summed E-state index contributed by atoms with van der Waals surface area (Å²) < 4.78 is 39.4. The Morgan fingerprint density at radius 2 is 2.12 bits per heavy atom. The zero-order valence-electron chi connectivity index (χ0n) is 7.95. The second kappa shape index (κ2) is 4.41. The van der Waals surface area contributed by atoms with Gasteiger partial charge in [-0.1, -0.05) is 0 Å². The molecule has 0 unspecified atom stereocenters. The van der Waals surface area contributed by atoms with E-state index in [-0.39, 0.29) is 0 Å². The van der Waals surface area contributed by atoms with Crippen LogP contribution < -0.4 is 10.3 Å². The van der Waals surface area contributed by atoms with E-state index in [2.05, 4.69) is 4.74 Å². The third-order valence-electron chi connectivity index (χ3n) is 1.67. The van der Waals surface area contributed by atoms with E-state index in [1.54, 1.807) is 0 Å². The van der Waals surface area contributed by atoms with Crippen LogP contribution in [0, 0.1) is 10.1 Å². The molecule has 0 fully saturated rings. The Kier molecular flexibility index (Phi) is 3.36. The smallest absolute Gasteiger partial charge is 0.398 e. The number of aromatic nitrogens is 1. The van der Waals surface area contributed by atoms with E-state index >= 15 is 0 Å². The summed E-state index contributed by atoms with van der Waals surface area (Å²) in [7, 11) is 0. The average molecular weight is 254 g/mol. The molecule has 17 heavy (non-hydrogen) atoms. The van der Waals surface area contributed by atoms with E-state index in [4.69, 9.17) is 5.11 Å². The Morgan fingerprint density at radius 3 is 2.53 bits per heavy atom. The predicted molar refractivity (Wildman–Crippen MR) is 46.3 cm³/mol. The van der Waals surface area contributed by atoms with Crippen molar-refractivity contribution in [1.29, 1.82) is 0 Å². The molecule has 0 bridgehead atoms. The van der Waals surface area contributed by atoms with E-state index in [1.165, 1.54) is 0 Å². The largest absolute Gasteiger partial charge is 0.573 e. The lowest BCUT2D eigenvalue weighted by Gasteiger charge is -2.11. The predicted octanol–water partition coefficient (Wildman–Crippen LogP) is 0.674. The first-order valence-corrected chi connectivity index (χ1v) is 4.02. The highest BCUT2D eigenvalue weighted by Crippen LogP contribution is 2.32. The van der Waals surface area contributed by atoms with Gasteiger partial charge in [0.2, 0.25) is 5.75 Å². The van der Waals surface area contributed by atoms with Gasteiger partial charge in [-0.3, -0.25) is 14.9 Å². The number of ether oxygens (including phenoxy) is 1. The molecule has 10 heteroatoms. The Bertz CT molecular complexity index is 495. The number of alkyl halides is 3. The van der Waals surface area contributed by atoms with Crippen molar-refractivity contribution in [3.63, 3.8) is 0 Å². The molecule has 0 amide bonds. The van der Waals surface area contributed by atoms with Gasteiger partial charge in [0.05, 0.1) is 11.5 Å². The first kappa shape index (κ1) is 13.0. The number of hydrogen-bond donors (Lipinski definition) is 2. The Labute approximate surface area is 90.6 Å². The minimum absolute atomic E-state index is 0.548. The maximum absolute atomic E-state index is 12.0. The number of nitrogens with one attached hydrogen (secondary N) is 1. The Morgan fingerprint density at radius 1 is 1.53 bits per heavy atom. The summed E-state index contributed by atoms with van der Waals surface area (Å²) in [4.78, 5) is 22.0. The third-order valence-corrected chi connectivity index (χ3v) is 1.67. The summed E-state index contributed by atoms with van der Waals surface area (Å²) in [6.45, 7) is -0.955. The van der Waals surface area contributed by atoms with Crippen LogP contribution in [0.4, 0.5) is 18.9 Å². The van der Waals surface area contributed by atoms with Gasteiger partial charge in [0.1, 0.15) is 0 Å². The van der Waals surface area contributed by atoms with Crippen molar-refractivity contribution >= 4 is 5.69 Å². The molecule has 0 aromatic carbocycles. The number of aliphatic hydroxyl groups is 1. The van der Waals surface area contributed by atoms with Crippen LogP contribution in [0.15, 0.2) is 11.0 Å². The van der Waals surface area contributed by atoms with Crippen LogP contribution in [0.2, 0.25) is 0 Å². The van der Waals surface area contributed by atoms with Crippen LogP contribution >= 0.6 is 0 Å². The van der Waals surface area contributed by atoms with Gasteiger partial charge in [0.15, 0.2) is 0 Å². The number of rotatable bonds is 3. The topological polar surface area (TPSA) is 105 Å². The molecule has 1 aromatic heterocycles. The Hall–Kier alpha value is -2.10. The van der Waals surface area contributed by atoms with Gasteiger partial charge in [0.25, 0.3) is 0 Å². The van der Waals surface area contributed by atoms with Crippen molar-refractivity contribution in [3.8, 4) is 5.75 Å². The first-order valence-electron chi connectivity index (χ1n) is 4.02. The van der Waals surface area contributed by atoms with Crippen LogP contribution in [-0.2, 0) is 6.61 Å². The molecule has 0 radical (unpaired) electrons. The molecule has 1 rings (SSSR count). The maximum atomic E-state index is 12.0. The fourth-order valence-electron chi connectivity index (χ4n) is 1.05. The van der Waals surface area contributed by atoms with E-state index in [9.17, 15) is 28.1 Å². The molecule has 0 saturated carbocycles. The molecule has 7 nitrogen and oxygen atoms in total. The highest BCUT2D eigenvalue weighted by atomic mass is 19.4. The van der Waals surface area contributed by atoms with Crippen LogP contribution in [-0.4, -0.2) is 21.4 Å². The van der Waals surface area contributed by atoms with Crippen LogP contribution in [0.1, 0.15) is 5.56 Å². The van der Waals surface area contributed by atoms with Gasteiger partial charge in [-0.25, -0.2) is 0 Å². The second-order valence-electron chi connectivity index (χ2n) is 2.78. The van der Waals surface area contributed by atoms with Crippen molar-refractivity contribution < 1.29 is 27.9 Å². The quantitative estimate of drug-likeness (QED) is 0.609. The number of aromatic amines is 1. The summed E-state index contributed by atoms with van der Waals surface area (Å²) in [6.07, 6.45) is -4.50. The molecule has 2 N–H and O–H groups in total. The van der Waals surface area contributed by atoms with E-state index in [0.717, 1.165) is 0 Å². The van der Waals surface area contributed by atoms with Gasteiger partial charge >= 0.3 is 17.6 Å². The number of hydrogen-bond acceptors (Lipinski definition) is 5. The molecule has 1 aromatic rings. The number of nitrogens with zero attached hydrogens (tertiary/aromatic N) is 1. The van der Waals surface area contributed by atoms with Crippen LogP contribution in [0.5, 0.6) is 5.75 Å². The fraction of sp³-hybridized carbons (Fsp3) is 0.286. The SMILES string of the molecule is O=c1[nH]cc(CO)c(OC(F)(F)F)c1[N+](=O)[O-]. The van der Waals surface area contributed by atoms with Gasteiger partial charge in [-0.05, 0) is 0 Å². The average Bonchev–Trinajstić information content (AvgIpc) is 2.15. The second-order valence-corrected chi connectivity index (χ2v) is 2.78. The first-order chi connectivity index (χ1) is 7.76. The van der Waals surface area contributed by atoms with Crippen LogP contribution in [0.3, 0.4) is 0 Å². The van der Waals surface area contributed by atoms with E-state index in [0.29, 0.717) is 6.20 Å². The number of nitro groups is 1. The lowest BCUT2D eigenvalue weighted by molar-refractivity contribution is -0.390.